The highest BCUT2D eigenvalue weighted by atomic mass is 16.4. The Hall–Kier alpha value is -2.11. The lowest BCUT2D eigenvalue weighted by molar-refractivity contribution is -0.118. The van der Waals surface area contributed by atoms with Crippen LogP contribution in [0.3, 0.4) is 0 Å². The third-order valence-electron chi connectivity index (χ3n) is 2.39. The van der Waals surface area contributed by atoms with Gasteiger partial charge in [-0.25, -0.2) is 9.78 Å². The van der Waals surface area contributed by atoms with Crippen LogP contribution in [0.5, 0.6) is 0 Å². The lowest BCUT2D eigenvalue weighted by atomic mass is 10.1. The Kier molecular flexibility index (Phi) is 4.65. The molecule has 0 fully saturated rings. The quantitative estimate of drug-likeness (QED) is 0.728. The van der Waals surface area contributed by atoms with Crippen molar-refractivity contribution in [1.82, 2.24) is 10.3 Å². The van der Waals surface area contributed by atoms with Gasteiger partial charge in [0, 0.05) is 12.7 Å². The SMILES string of the molecule is CNC(=O)CNc1cc(C(=O)O)cc(C(C)C)n1. The monoisotopic (exact) mass is 251 g/mol. The Morgan fingerprint density at radius 3 is 2.56 bits per heavy atom. The molecule has 1 aromatic rings. The van der Waals surface area contributed by atoms with Gasteiger partial charge in [-0.1, -0.05) is 13.8 Å². The lowest BCUT2D eigenvalue weighted by Gasteiger charge is -2.10. The van der Waals surface area contributed by atoms with E-state index in [9.17, 15) is 9.59 Å². The maximum absolute atomic E-state index is 11.1. The molecule has 0 aliphatic heterocycles. The number of likely N-dealkylation sites (N-methyl/N-ethyl adjacent to an activating group) is 1. The van der Waals surface area contributed by atoms with Crippen molar-refractivity contribution in [2.75, 3.05) is 18.9 Å². The molecule has 0 spiro atoms. The number of nitrogens with zero attached hydrogens (tertiary/aromatic N) is 1. The van der Waals surface area contributed by atoms with Crippen LogP contribution in [0.4, 0.5) is 5.82 Å². The second kappa shape index (κ2) is 6.00. The van der Waals surface area contributed by atoms with Crippen molar-refractivity contribution in [3.05, 3.63) is 23.4 Å². The number of hydrogen-bond donors (Lipinski definition) is 3. The first-order chi connectivity index (χ1) is 8.43. The summed E-state index contributed by atoms with van der Waals surface area (Å²) >= 11 is 0. The number of aromatic nitrogens is 1. The maximum Gasteiger partial charge on any atom is 0.335 e. The summed E-state index contributed by atoms with van der Waals surface area (Å²) in [5.41, 5.74) is 0.836. The zero-order valence-corrected chi connectivity index (χ0v) is 10.7. The minimum absolute atomic E-state index is 0.0596. The van der Waals surface area contributed by atoms with Gasteiger partial charge in [-0.15, -0.1) is 0 Å². The Morgan fingerprint density at radius 1 is 1.39 bits per heavy atom. The van der Waals surface area contributed by atoms with E-state index in [0.717, 1.165) is 0 Å². The standard InChI is InChI=1S/C12H17N3O3/c1-7(2)9-4-8(12(17)18)5-10(15-9)14-6-11(16)13-3/h4-5,7H,6H2,1-3H3,(H,13,16)(H,14,15)(H,17,18). The van der Waals surface area contributed by atoms with E-state index in [0.29, 0.717) is 11.5 Å². The summed E-state index contributed by atoms with van der Waals surface area (Å²) in [5.74, 6) is -0.696. The fraction of sp³-hybridized carbons (Fsp3) is 0.417. The molecule has 1 amide bonds. The molecule has 0 bridgehead atoms. The van der Waals surface area contributed by atoms with E-state index in [-0.39, 0.29) is 23.9 Å². The fourth-order valence-electron chi connectivity index (χ4n) is 1.32. The number of aromatic carboxylic acids is 1. The molecule has 0 unspecified atom stereocenters. The van der Waals surface area contributed by atoms with Gasteiger partial charge in [-0.05, 0) is 18.1 Å². The highest BCUT2D eigenvalue weighted by Crippen LogP contribution is 2.17. The number of pyridine rings is 1. The predicted octanol–water partition coefficient (Wildman–Crippen LogP) is 1.06. The van der Waals surface area contributed by atoms with E-state index >= 15 is 0 Å². The number of nitrogens with one attached hydrogen (secondary N) is 2. The van der Waals surface area contributed by atoms with Crippen molar-refractivity contribution >= 4 is 17.7 Å². The summed E-state index contributed by atoms with van der Waals surface area (Å²) < 4.78 is 0. The molecule has 98 valence electrons. The minimum atomic E-state index is -1.01. The van der Waals surface area contributed by atoms with Crippen molar-refractivity contribution in [3.63, 3.8) is 0 Å². The number of carboxylic acids is 1. The van der Waals surface area contributed by atoms with Crippen LogP contribution in [0, 0.1) is 0 Å². The second-order valence-corrected chi connectivity index (χ2v) is 4.15. The molecule has 3 N–H and O–H groups in total. The average molecular weight is 251 g/mol. The number of carboxylic acid groups (broad SMARTS) is 1. The summed E-state index contributed by atoms with van der Waals surface area (Å²) in [6.45, 7) is 3.91. The van der Waals surface area contributed by atoms with Gasteiger partial charge in [0.15, 0.2) is 0 Å². The van der Waals surface area contributed by atoms with Crippen molar-refractivity contribution in [2.45, 2.75) is 19.8 Å². The van der Waals surface area contributed by atoms with Crippen molar-refractivity contribution < 1.29 is 14.7 Å². The topological polar surface area (TPSA) is 91.3 Å². The van der Waals surface area contributed by atoms with E-state index in [1.54, 1.807) is 0 Å². The average Bonchev–Trinajstić information content (AvgIpc) is 2.35. The van der Waals surface area contributed by atoms with Crippen LogP contribution in [-0.4, -0.2) is 35.6 Å². The summed E-state index contributed by atoms with van der Waals surface area (Å²) in [5, 5.41) is 14.3. The van der Waals surface area contributed by atoms with E-state index in [1.807, 2.05) is 13.8 Å². The molecule has 0 saturated heterocycles. The van der Waals surface area contributed by atoms with Crippen molar-refractivity contribution in [1.29, 1.82) is 0 Å². The number of amides is 1. The highest BCUT2D eigenvalue weighted by Gasteiger charge is 2.11. The molecule has 0 atom stereocenters. The van der Waals surface area contributed by atoms with Gasteiger partial charge in [-0.3, -0.25) is 4.79 Å². The Balaban J connectivity index is 2.96. The van der Waals surface area contributed by atoms with E-state index in [1.165, 1.54) is 19.2 Å². The lowest BCUT2D eigenvalue weighted by Crippen LogP contribution is -2.26. The van der Waals surface area contributed by atoms with Crippen molar-refractivity contribution in [3.8, 4) is 0 Å². The van der Waals surface area contributed by atoms with Crippen LogP contribution in [0.25, 0.3) is 0 Å². The number of rotatable bonds is 5. The Morgan fingerprint density at radius 2 is 2.06 bits per heavy atom. The van der Waals surface area contributed by atoms with Gasteiger partial charge >= 0.3 is 5.97 Å². The summed E-state index contributed by atoms with van der Waals surface area (Å²) in [6, 6.07) is 2.95. The summed E-state index contributed by atoms with van der Waals surface area (Å²) in [7, 11) is 1.53. The molecule has 18 heavy (non-hydrogen) atoms. The summed E-state index contributed by atoms with van der Waals surface area (Å²) in [6.07, 6.45) is 0. The van der Waals surface area contributed by atoms with Crippen LogP contribution in [-0.2, 0) is 4.79 Å². The van der Waals surface area contributed by atoms with Crippen LogP contribution in [0.2, 0.25) is 0 Å². The molecular weight excluding hydrogens is 234 g/mol. The predicted molar refractivity (Wildman–Crippen MR) is 67.8 cm³/mol. The first kappa shape index (κ1) is 14.0. The Bertz CT molecular complexity index is 458. The van der Waals surface area contributed by atoms with Crippen molar-refractivity contribution in [2.24, 2.45) is 0 Å². The largest absolute Gasteiger partial charge is 0.478 e. The summed E-state index contributed by atoms with van der Waals surface area (Å²) in [4.78, 5) is 26.4. The first-order valence-electron chi connectivity index (χ1n) is 5.63. The zero-order chi connectivity index (χ0) is 13.7. The molecule has 0 aliphatic carbocycles. The van der Waals surface area contributed by atoms with Gasteiger partial charge in [0.05, 0.1) is 12.1 Å². The normalized spacial score (nSPS) is 10.2. The molecule has 0 radical (unpaired) electrons. The maximum atomic E-state index is 11.1. The number of carbonyl (C=O) groups is 2. The fourth-order valence-corrected chi connectivity index (χ4v) is 1.32. The molecule has 1 rings (SSSR count). The number of anilines is 1. The highest BCUT2D eigenvalue weighted by molar-refractivity contribution is 5.89. The van der Waals surface area contributed by atoms with Crippen LogP contribution >= 0.6 is 0 Å². The van der Waals surface area contributed by atoms with Gasteiger partial charge in [0.1, 0.15) is 5.82 Å². The molecule has 1 heterocycles. The van der Waals surface area contributed by atoms with E-state index in [2.05, 4.69) is 15.6 Å². The van der Waals surface area contributed by atoms with E-state index < -0.39 is 5.97 Å². The van der Waals surface area contributed by atoms with Crippen LogP contribution in [0.1, 0.15) is 35.8 Å². The third kappa shape index (κ3) is 3.73. The minimum Gasteiger partial charge on any atom is -0.478 e. The molecule has 0 aromatic carbocycles. The molecule has 0 aliphatic rings. The van der Waals surface area contributed by atoms with Crippen LogP contribution < -0.4 is 10.6 Å². The van der Waals surface area contributed by atoms with Gasteiger partial charge in [0.2, 0.25) is 5.91 Å². The Labute approximate surface area is 105 Å². The number of carbonyl (C=O) groups excluding carboxylic acids is 1. The third-order valence-corrected chi connectivity index (χ3v) is 2.39. The van der Waals surface area contributed by atoms with Gasteiger partial charge < -0.3 is 15.7 Å². The second-order valence-electron chi connectivity index (χ2n) is 4.15. The first-order valence-corrected chi connectivity index (χ1v) is 5.63. The molecule has 0 saturated carbocycles. The smallest absolute Gasteiger partial charge is 0.335 e. The molecule has 1 aromatic heterocycles. The van der Waals surface area contributed by atoms with Crippen LogP contribution in [0.15, 0.2) is 12.1 Å². The number of hydrogen-bond acceptors (Lipinski definition) is 4. The molecule has 6 heteroatoms. The van der Waals surface area contributed by atoms with Gasteiger partial charge in [0.25, 0.3) is 0 Å². The zero-order valence-electron chi connectivity index (χ0n) is 10.7. The van der Waals surface area contributed by atoms with Gasteiger partial charge in [-0.2, -0.15) is 0 Å². The molecule has 6 nitrogen and oxygen atoms in total. The van der Waals surface area contributed by atoms with E-state index in [4.69, 9.17) is 5.11 Å². The molecular formula is C12H17N3O3.